The number of hydrogen-bond donors (Lipinski definition) is 0. The SMILES string of the molecule is Cc1nc(Cl)c2nnc(-c3cccc(Br)c3F)n2c1C. The third-order valence-electron chi connectivity index (χ3n) is 3.16. The molecule has 0 N–H and O–H groups in total. The fourth-order valence-corrected chi connectivity index (χ4v) is 2.64. The van der Waals surface area contributed by atoms with Crippen molar-refractivity contribution in [2.24, 2.45) is 0 Å². The van der Waals surface area contributed by atoms with Crippen LogP contribution in [0.3, 0.4) is 0 Å². The fourth-order valence-electron chi connectivity index (χ4n) is 2.03. The number of benzene rings is 1. The van der Waals surface area contributed by atoms with Crippen molar-refractivity contribution in [2.45, 2.75) is 13.8 Å². The first-order chi connectivity index (χ1) is 9.50. The van der Waals surface area contributed by atoms with Crippen LogP contribution >= 0.6 is 27.5 Å². The topological polar surface area (TPSA) is 43.1 Å². The highest BCUT2D eigenvalue weighted by Crippen LogP contribution is 2.29. The molecule has 3 aromatic rings. The van der Waals surface area contributed by atoms with Crippen LogP contribution in [0.1, 0.15) is 11.4 Å². The molecule has 7 heteroatoms. The Morgan fingerprint density at radius 3 is 2.75 bits per heavy atom. The lowest BCUT2D eigenvalue weighted by molar-refractivity contribution is 0.623. The normalized spacial score (nSPS) is 11.2. The molecular weight excluding hydrogens is 347 g/mol. The Balaban J connectivity index is 2.41. The first kappa shape index (κ1) is 13.5. The van der Waals surface area contributed by atoms with Crippen molar-refractivity contribution in [3.8, 4) is 11.4 Å². The molecule has 4 nitrogen and oxygen atoms in total. The molecule has 0 bridgehead atoms. The van der Waals surface area contributed by atoms with Crippen LogP contribution in [0.2, 0.25) is 5.15 Å². The fraction of sp³-hybridized carbons (Fsp3) is 0.154. The minimum Gasteiger partial charge on any atom is -0.275 e. The molecule has 0 amide bonds. The Morgan fingerprint density at radius 1 is 1.25 bits per heavy atom. The molecule has 0 radical (unpaired) electrons. The van der Waals surface area contributed by atoms with E-state index in [-0.39, 0.29) is 11.0 Å². The predicted octanol–water partition coefficient (Wildman–Crippen LogP) is 3.96. The van der Waals surface area contributed by atoms with Gasteiger partial charge in [-0.15, -0.1) is 10.2 Å². The number of nitrogens with zero attached hydrogens (tertiary/aromatic N) is 4. The van der Waals surface area contributed by atoms with Gasteiger partial charge in [-0.2, -0.15) is 0 Å². The van der Waals surface area contributed by atoms with Gasteiger partial charge >= 0.3 is 0 Å². The molecule has 2 aromatic heterocycles. The smallest absolute Gasteiger partial charge is 0.199 e. The molecule has 0 aliphatic rings. The van der Waals surface area contributed by atoms with Crippen molar-refractivity contribution < 1.29 is 4.39 Å². The van der Waals surface area contributed by atoms with E-state index in [1.54, 1.807) is 22.6 Å². The Kier molecular flexibility index (Phi) is 3.22. The first-order valence-corrected chi connectivity index (χ1v) is 7.00. The van der Waals surface area contributed by atoms with Gasteiger partial charge in [0.2, 0.25) is 0 Å². The van der Waals surface area contributed by atoms with Crippen LogP contribution in [0.15, 0.2) is 22.7 Å². The maximum absolute atomic E-state index is 14.2. The molecule has 0 aliphatic heterocycles. The van der Waals surface area contributed by atoms with Gasteiger partial charge in [0.1, 0.15) is 5.82 Å². The van der Waals surface area contributed by atoms with Crippen LogP contribution in [0, 0.1) is 19.7 Å². The zero-order chi connectivity index (χ0) is 14.4. The van der Waals surface area contributed by atoms with E-state index in [9.17, 15) is 4.39 Å². The summed E-state index contributed by atoms with van der Waals surface area (Å²) in [5.74, 6) is 0.0236. The number of aromatic nitrogens is 4. The van der Waals surface area contributed by atoms with Crippen LogP contribution in [0.5, 0.6) is 0 Å². The summed E-state index contributed by atoms with van der Waals surface area (Å²) >= 11 is 9.24. The molecule has 0 saturated carbocycles. The van der Waals surface area contributed by atoms with Gasteiger partial charge < -0.3 is 0 Å². The monoisotopic (exact) mass is 354 g/mol. The average Bonchev–Trinajstić information content (AvgIpc) is 2.84. The molecular formula is C13H9BrClFN4. The molecule has 0 spiro atoms. The van der Waals surface area contributed by atoms with E-state index in [4.69, 9.17) is 11.6 Å². The summed E-state index contributed by atoms with van der Waals surface area (Å²) in [5, 5.41) is 8.31. The summed E-state index contributed by atoms with van der Waals surface area (Å²) in [6.45, 7) is 3.70. The van der Waals surface area contributed by atoms with Crippen LogP contribution < -0.4 is 0 Å². The lowest BCUT2D eigenvalue weighted by Crippen LogP contribution is -2.01. The molecule has 0 fully saturated rings. The standard InChI is InChI=1S/C13H9BrClFN4/c1-6-7(2)20-12(18-19-13(20)11(15)17-6)8-4-3-5-9(14)10(8)16/h3-5H,1-2H3. The number of halogens is 3. The predicted molar refractivity (Wildman–Crippen MR) is 78.4 cm³/mol. The van der Waals surface area contributed by atoms with E-state index in [0.717, 1.165) is 11.4 Å². The Hall–Kier alpha value is -1.53. The third kappa shape index (κ3) is 1.91. The number of rotatable bonds is 1. The highest BCUT2D eigenvalue weighted by Gasteiger charge is 2.18. The molecule has 20 heavy (non-hydrogen) atoms. The summed E-state index contributed by atoms with van der Waals surface area (Å²) in [4.78, 5) is 4.19. The molecule has 1 aromatic carbocycles. The Bertz CT molecular complexity index is 831. The summed E-state index contributed by atoms with van der Waals surface area (Å²) in [7, 11) is 0. The third-order valence-corrected chi connectivity index (χ3v) is 4.03. The number of aryl methyl sites for hydroxylation is 2. The van der Waals surface area contributed by atoms with Gasteiger partial charge in [-0.05, 0) is 41.9 Å². The summed E-state index contributed by atoms with van der Waals surface area (Å²) in [6.07, 6.45) is 0. The molecule has 0 aliphatic carbocycles. The minimum absolute atomic E-state index is 0.252. The van der Waals surface area contributed by atoms with Crippen molar-refractivity contribution >= 4 is 33.2 Å². The maximum Gasteiger partial charge on any atom is 0.199 e. The number of hydrogen-bond acceptors (Lipinski definition) is 3. The zero-order valence-electron chi connectivity index (χ0n) is 10.7. The van der Waals surface area contributed by atoms with E-state index in [1.807, 2.05) is 13.8 Å². The van der Waals surface area contributed by atoms with Crippen LogP contribution in [0.25, 0.3) is 17.0 Å². The Morgan fingerprint density at radius 2 is 2.00 bits per heavy atom. The lowest BCUT2D eigenvalue weighted by Gasteiger charge is -2.08. The van der Waals surface area contributed by atoms with Gasteiger partial charge in [0.05, 0.1) is 15.7 Å². The van der Waals surface area contributed by atoms with Gasteiger partial charge in [-0.25, -0.2) is 9.37 Å². The average molecular weight is 356 g/mol. The van der Waals surface area contributed by atoms with Gasteiger partial charge in [0.15, 0.2) is 16.6 Å². The van der Waals surface area contributed by atoms with Crippen molar-refractivity contribution in [3.05, 3.63) is 45.0 Å². The summed E-state index contributed by atoms with van der Waals surface area (Å²) in [6, 6.07) is 5.03. The van der Waals surface area contributed by atoms with Gasteiger partial charge in [-0.3, -0.25) is 4.40 Å². The van der Waals surface area contributed by atoms with Crippen LogP contribution in [0.4, 0.5) is 4.39 Å². The van der Waals surface area contributed by atoms with Gasteiger partial charge in [0, 0.05) is 5.69 Å². The summed E-state index contributed by atoms with van der Waals surface area (Å²) in [5.41, 5.74) is 2.35. The largest absolute Gasteiger partial charge is 0.275 e. The molecule has 2 heterocycles. The van der Waals surface area contributed by atoms with E-state index >= 15 is 0 Å². The molecule has 0 atom stereocenters. The summed E-state index contributed by atoms with van der Waals surface area (Å²) < 4.78 is 16.3. The molecule has 0 unspecified atom stereocenters. The highest BCUT2D eigenvalue weighted by atomic mass is 79.9. The highest BCUT2D eigenvalue weighted by molar-refractivity contribution is 9.10. The molecule has 0 saturated heterocycles. The number of fused-ring (bicyclic) bond motifs is 1. The first-order valence-electron chi connectivity index (χ1n) is 5.83. The van der Waals surface area contributed by atoms with Crippen molar-refractivity contribution in [2.75, 3.05) is 0 Å². The van der Waals surface area contributed by atoms with Crippen LogP contribution in [-0.4, -0.2) is 19.6 Å². The van der Waals surface area contributed by atoms with E-state index < -0.39 is 0 Å². The molecule has 102 valence electrons. The second kappa shape index (κ2) is 4.79. The second-order valence-corrected chi connectivity index (χ2v) is 5.57. The minimum atomic E-state index is -0.383. The maximum atomic E-state index is 14.2. The van der Waals surface area contributed by atoms with Gasteiger partial charge in [-0.1, -0.05) is 17.7 Å². The van der Waals surface area contributed by atoms with Crippen molar-refractivity contribution in [1.82, 2.24) is 19.6 Å². The second-order valence-electron chi connectivity index (χ2n) is 4.36. The van der Waals surface area contributed by atoms with E-state index in [1.165, 1.54) is 0 Å². The van der Waals surface area contributed by atoms with Gasteiger partial charge in [0.25, 0.3) is 0 Å². The van der Waals surface area contributed by atoms with E-state index in [0.29, 0.717) is 21.5 Å². The van der Waals surface area contributed by atoms with Crippen LogP contribution in [-0.2, 0) is 0 Å². The zero-order valence-corrected chi connectivity index (χ0v) is 13.0. The van der Waals surface area contributed by atoms with Crippen molar-refractivity contribution in [1.29, 1.82) is 0 Å². The quantitative estimate of drug-likeness (QED) is 0.663. The molecule has 3 rings (SSSR count). The lowest BCUT2D eigenvalue weighted by atomic mass is 10.2. The van der Waals surface area contributed by atoms with E-state index in [2.05, 4.69) is 31.1 Å². The van der Waals surface area contributed by atoms with Crippen molar-refractivity contribution in [3.63, 3.8) is 0 Å². The Labute approximate surface area is 127 Å².